The number of carbonyl (C=O) groups is 3. The topological polar surface area (TPSA) is 62.6 Å². The maximum atomic E-state index is 13.1. The van der Waals surface area contributed by atoms with Crippen LogP contribution in [0.4, 0.5) is 4.79 Å². The van der Waals surface area contributed by atoms with Crippen molar-refractivity contribution in [2.75, 3.05) is 19.6 Å². The normalized spacial score (nSPS) is 17.5. The Labute approximate surface area is 215 Å². The highest BCUT2D eigenvalue weighted by Gasteiger charge is 2.35. The number of rotatable bonds is 7. The number of aryl methyl sites for hydroxylation is 1. The van der Waals surface area contributed by atoms with Crippen molar-refractivity contribution in [2.24, 2.45) is 0 Å². The lowest BCUT2D eigenvalue weighted by Crippen LogP contribution is -2.37. The average molecular weight is 502 g/mol. The van der Waals surface area contributed by atoms with Crippen molar-refractivity contribution < 1.29 is 14.4 Å². The first-order valence-corrected chi connectivity index (χ1v) is 13.5. The Bertz CT molecular complexity index is 1320. The molecule has 2 aliphatic rings. The Hall–Kier alpha value is -3.32. The van der Waals surface area contributed by atoms with Gasteiger partial charge >= 0.3 is 0 Å². The van der Waals surface area contributed by atoms with Crippen molar-refractivity contribution in [1.82, 2.24) is 14.4 Å². The molecule has 186 valence electrons. The molecule has 0 spiro atoms. The lowest BCUT2D eigenvalue weighted by molar-refractivity contribution is -0.132. The summed E-state index contributed by atoms with van der Waals surface area (Å²) >= 11 is 0.990. The van der Waals surface area contributed by atoms with Crippen molar-refractivity contribution in [1.29, 1.82) is 0 Å². The van der Waals surface area contributed by atoms with Gasteiger partial charge in [-0.3, -0.25) is 19.3 Å². The molecule has 2 fully saturated rings. The zero-order valence-corrected chi connectivity index (χ0v) is 21.4. The average Bonchev–Trinajstić information content (AvgIpc) is 3.39. The molecular weight excluding hydrogens is 470 g/mol. The summed E-state index contributed by atoms with van der Waals surface area (Å²) in [7, 11) is 0. The van der Waals surface area contributed by atoms with Gasteiger partial charge in [0.05, 0.1) is 10.4 Å². The summed E-state index contributed by atoms with van der Waals surface area (Å²) in [4.78, 5) is 42.6. The zero-order chi connectivity index (χ0) is 25.1. The van der Waals surface area contributed by atoms with Gasteiger partial charge in [-0.05, 0) is 61.1 Å². The van der Waals surface area contributed by atoms with Crippen molar-refractivity contribution in [3.63, 3.8) is 0 Å². The number of aromatic nitrogens is 1. The van der Waals surface area contributed by atoms with Gasteiger partial charge in [-0.2, -0.15) is 0 Å². The van der Waals surface area contributed by atoms with Gasteiger partial charge in [0, 0.05) is 36.8 Å². The first-order chi connectivity index (χ1) is 17.5. The number of benzene rings is 2. The van der Waals surface area contributed by atoms with Crippen LogP contribution in [0.5, 0.6) is 0 Å². The Morgan fingerprint density at radius 2 is 1.78 bits per heavy atom. The Morgan fingerprint density at radius 1 is 1.00 bits per heavy atom. The van der Waals surface area contributed by atoms with Crippen LogP contribution in [0.3, 0.4) is 0 Å². The highest BCUT2D eigenvalue weighted by atomic mass is 32.2. The van der Waals surface area contributed by atoms with E-state index < -0.39 is 0 Å². The molecule has 0 bridgehead atoms. The number of para-hydroxylation sites is 1. The van der Waals surface area contributed by atoms with Gasteiger partial charge in [0.15, 0.2) is 0 Å². The minimum Gasteiger partial charge on any atom is -0.341 e. The van der Waals surface area contributed by atoms with Crippen LogP contribution < -0.4 is 0 Å². The second kappa shape index (κ2) is 10.7. The number of imide groups is 1. The molecule has 36 heavy (non-hydrogen) atoms. The van der Waals surface area contributed by atoms with Crippen molar-refractivity contribution in [3.05, 3.63) is 76.3 Å². The number of nitrogens with zero attached hydrogens (tertiary/aromatic N) is 3. The fourth-order valence-electron chi connectivity index (χ4n) is 5.10. The molecule has 2 saturated heterocycles. The van der Waals surface area contributed by atoms with E-state index in [1.807, 2.05) is 64.2 Å². The van der Waals surface area contributed by atoms with E-state index in [-0.39, 0.29) is 23.6 Å². The van der Waals surface area contributed by atoms with Gasteiger partial charge in [0.2, 0.25) is 5.91 Å². The molecule has 1 aromatic heterocycles. The Morgan fingerprint density at radius 3 is 2.53 bits per heavy atom. The predicted octanol–water partition coefficient (Wildman–Crippen LogP) is 5.50. The third-order valence-electron chi connectivity index (χ3n) is 7.04. The fourth-order valence-corrected chi connectivity index (χ4v) is 5.95. The molecule has 0 N–H and O–H groups in total. The van der Waals surface area contributed by atoms with Crippen molar-refractivity contribution in [2.45, 2.75) is 45.6 Å². The first-order valence-electron chi connectivity index (χ1n) is 12.7. The van der Waals surface area contributed by atoms with E-state index in [1.54, 1.807) is 0 Å². The van der Waals surface area contributed by atoms with E-state index >= 15 is 0 Å². The van der Waals surface area contributed by atoms with Crippen LogP contribution in [0.1, 0.15) is 42.9 Å². The van der Waals surface area contributed by atoms with E-state index in [0.29, 0.717) is 17.9 Å². The van der Waals surface area contributed by atoms with Crippen LogP contribution in [0.2, 0.25) is 0 Å². The molecule has 7 heteroatoms. The molecule has 2 aliphatic heterocycles. The van der Waals surface area contributed by atoms with E-state index in [0.717, 1.165) is 71.7 Å². The lowest BCUT2D eigenvalue weighted by Gasteiger charge is -2.27. The largest absolute Gasteiger partial charge is 0.341 e. The summed E-state index contributed by atoms with van der Waals surface area (Å²) in [5.41, 5.74) is 4.14. The van der Waals surface area contributed by atoms with Gasteiger partial charge in [-0.1, -0.05) is 55.5 Å². The van der Waals surface area contributed by atoms with Crippen molar-refractivity contribution >= 4 is 45.8 Å². The van der Waals surface area contributed by atoms with Gasteiger partial charge in [0.25, 0.3) is 11.1 Å². The lowest BCUT2D eigenvalue weighted by atomic mass is 10.1. The minimum absolute atomic E-state index is 0.130. The SMILES string of the molecule is CCc1cccc2c(/C=C3\SC(=O)N(CCc4ccccc4)C3=O)cn(CC(=O)N3CCCCC3)c12. The van der Waals surface area contributed by atoms with E-state index in [2.05, 4.69) is 13.0 Å². The highest BCUT2D eigenvalue weighted by molar-refractivity contribution is 8.18. The summed E-state index contributed by atoms with van der Waals surface area (Å²) < 4.78 is 2.02. The van der Waals surface area contributed by atoms with Gasteiger partial charge < -0.3 is 9.47 Å². The number of likely N-dealkylation sites (tertiary alicyclic amines) is 1. The number of amides is 3. The molecule has 0 atom stereocenters. The summed E-state index contributed by atoms with van der Waals surface area (Å²) in [6.07, 6.45) is 8.55. The van der Waals surface area contributed by atoms with Crippen molar-refractivity contribution in [3.8, 4) is 0 Å². The monoisotopic (exact) mass is 501 g/mol. The van der Waals surface area contributed by atoms with Gasteiger partial charge in [-0.15, -0.1) is 0 Å². The molecule has 0 radical (unpaired) electrons. The fraction of sp³-hybridized carbons (Fsp3) is 0.345. The van der Waals surface area contributed by atoms with Gasteiger partial charge in [0.1, 0.15) is 6.54 Å². The van der Waals surface area contributed by atoms with Crippen LogP contribution >= 0.6 is 11.8 Å². The highest BCUT2D eigenvalue weighted by Crippen LogP contribution is 2.35. The zero-order valence-electron chi connectivity index (χ0n) is 20.6. The predicted molar refractivity (Wildman–Crippen MR) is 145 cm³/mol. The van der Waals surface area contributed by atoms with Crippen LogP contribution in [0.25, 0.3) is 17.0 Å². The number of hydrogen-bond donors (Lipinski definition) is 0. The summed E-state index contributed by atoms with van der Waals surface area (Å²) in [5, 5.41) is 0.761. The van der Waals surface area contributed by atoms with Gasteiger partial charge in [-0.25, -0.2) is 0 Å². The van der Waals surface area contributed by atoms with E-state index in [1.165, 1.54) is 11.3 Å². The second-order valence-corrected chi connectivity index (χ2v) is 10.4. The molecule has 2 aromatic carbocycles. The van der Waals surface area contributed by atoms with Crippen LogP contribution in [-0.2, 0) is 29.0 Å². The molecule has 3 amide bonds. The third kappa shape index (κ3) is 4.98. The number of carbonyl (C=O) groups excluding carboxylic acids is 3. The quantitative estimate of drug-likeness (QED) is 0.402. The minimum atomic E-state index is -0.252. The van der Waals surface area contributed by atoms with E-state index in [9.17, 15) is 14.4 Å². The maximum absolute atomic E-state index is 13.1. The number of fused-ring (bicyclic) bond motifs is 1. The van der Waals surface area contributed by atoms with Crippen LogP contribution in [0, 0.1) is 0 Å². The number of hydrogen-bond acceptors (Lipinski definition) is 4. The molecule has 0 saturated carbocycles. The Balaban J connectivity index is 1.42. The third-order valence-corrected chi connectivity index (χ3v) is 7.94. The molecule has 3 aromatic rings. The molecule has 0 aliphatic carbocycles. The molecule has 6 nitrogen and oxygen atoms in total. The number of thioether (sulfide) groups is 1. The van der Waals surface area contributed by atoms with Crippen LogP contribution in [-0.4, -0.2) is 51.1 Å². The molecule has 5 rings (SSSR count). The number of piperidine rings is 1. The van der Waals surface area contributed by atoms with Crippen LogP contribution in [0.15, 0.2) is 59.6 Å². The maximum Gasteiger partial charge on any atom is 0.293 e. The molecular formula is C29H31N3O3S. The Kier molecular flexibility index (Phi) is 7.28. The molecule has 3 heterocycles. The first kappa shape index (κ1) is 24.4. The summed E-state index contributed by atoms with van der Waals surface area (Å²) in [6, 6.07) is 16.0. The molecule has 0 unspecified atom stereocenters. The standard InChI is InChI=1S/C29H31N3O3S/c1-2-22-12-9-13-24-23(19-31(27(22)24)20-26(33)30-15-7-4-8-16-30)18-25-28(34)32(29(35)36-25)17-14-21-10-5-3-6-11-21/h3,5-6,9-13,18-19H,2,4,7-8,14-17,20H2,1H3/b25-18-. The summed E-state index contributed by atoms with van der Waals surface area (Å²) in [6.45, 7) is 4.39. The summed E-state index contributed by atoms with van der Waals surface area (Å²) in [5.74, 6) is -0.122. The second-order valence-electron chi connectivity index (χ2n) is 9.39. The van der Waals surface area contributed by atoms with E-state index in [4.69, 9.17) is 0 Å². The smallest absolute Gasteiger partial charge is 0.293 e.